The Balaban J connectivity index is 1.86. The second kappa shape index (κ2) is 7.22. The SMILES string of the molecule is CCOC(=O)CCCNCC(=O)NC1CC1. The van der Waals surface area contributed by atoms with Crippen LogP contribution in [0, 0.1) is 0 Å². The van der Waals surface area contributed by atoms with Crippen molar-refractivity contribution in [3.05, 3.63) is 0 Å². The average Bonchev–Trinajstić information content (AvgIpc) is 3.01. The summed E-state index contributed by atoms with van der Waals surface area (Å²) in [6.07, 6.45) is 3.32. The van der Waals surface area contributed by atoms with Crippen LogP contribution in [0.2, 0.25) is 0 Å². The van der Waals surface area contributed by atoms with E-state index < -0.39 is 0 Å². The normalized spacial score (nSPS) is 14.6. The molecular formula is C11H20N2O3. The monoisotopic (exact) mass is 228 g/mol. The summed E-state index contributed by atoms with van der Waals surface area (Å²) in [6.45, 7) is 3.21. The van der Waals surface area contributed by atoms with Gasteiger partial charge in [0.15, 0.2) is 0 Å². The predicted octanol–water partition coefficient (Wildman–Crippen LogP) is 0.198. The van der Waals surface area contributed by atoms with Crippen molar-refractivity contribution in [3.8, 4) is 0 Å². The molecule has 1 aliphatic rings. The van der Waals surface area contributed by atoms with Crippen molar-refractivity contribution in [2.75, 3.05) is 19.7 Å². The van der Waals surface area contributed by atoms with Crippen LogP contribution in [0.4, 0.5) is 0 Å². The van der Waals surface area contributed by atoms with Crippen molar-refractivity contribution < 1.29 is 14.3 Å². The first-order chi connectivity index (χ1) is 7.72. The van der Waals surface area contributed by atoms with Crippen LogP contribution in [-0.2, 0) is 14.3 Å². The zero-order valence-electron chi connectivity index (χ0n) is 9.75. The highest BCUT2D eigenvalue weighted by atomic mass is 16.5. The van der Waals surface area contributed by atoms with Gasteiger partial charge >= 0.3 is 5.97 Å². The molecule has 0 aliphatic heterocycles. The summed E-state index contributed by atoms with van der Waals surface area (Å²) in [5, 5.41) is 5.88. The maximum absolute atomic E-state index is 11.2. The van der Waals surface area contributed by atoms with Gasteiger partial charge in [-0.25, -0.2) is 0 Å². The first kappa shape index (κ1) is 13.0. The van der Waals surface area contributed by atoms with E-state index in [1.165, 1.54) is 0 Å². The third-order valence-electron chi connectivity index (χ3n) is 2.27. The molecule has 92 valence electrons. The molecule has 5 heteroatoms. The van der Waals surface area contributed by atoms with E-state index in [-0.39, 0.29) is 11.9 Å². The lowest BCUT2D eigenvalue weighted by Crippen LogP contribution is -2.35. The number of ether oxygens (including phenoxy) is 1. The number of amides is 1. The zero-order valence-corrected chi connectivity index (χ0v) is 9.75. The first-order valence-electron chi connectivity index (χ1n) is 5.88. The van der Waals surface area contributed by atoms with Crippen LogP contribution in [0.15, 0.2) is 0 Å². The Morgan fingerprint density at radius 2 is 2.12 bits per heavy atom. The Bertz CT molecular complexity index is 239. The predicted molar refractivity (Wildman–Crippen MR) is 59.9 cm³/mol. The Morgan fingerprint density at radius 3 is 2.75 bits per heavy atom. The van der Waals surface area contributed by atoms with Gasteiger partial charge in [-0.1, -0.05) is 0 Å². The average molecular weight is 228 g/mol. The summed E-state index contributed by atoms with van der Waals surface area (Å²) in [5.74, 6) is -0.134. The van der Waals surface area contributed by atoms with Gasteiger partial charge in [-0.2, -0.15) is 0 Å². The first-order valence-corrected chi connectivity index (χ1v) is 5.88. The largest absolute Gasteiger partial charge is 0.466 e. The minimum atomic E-state index is -0.174. The minimum Gasteiger partial charge on any atom is -0.466 e. The zero-order chi connectivity index (χ0) is 11.8. The molecule has 1 saturated carbocycles. The molecule has 0 heterocycles. The van der Waals surface area contributed by atoms with Gasteiger partial charge in [-0.3, -0.25) is 9.59 Å². The summed E-state index contributed by atoms with van der Waals surface area (Å²) in [7, 11) is 0. The number of esters is 1. The number of rotatable bonds is 8. The number of carbonyl (C=O) groups is 2. The Morgan fingerprint density at radius 1 is 1.38 bits per heavy atom. The fraction of sp³-hybridized carbons (Fsp3) is 0.818. The summed E-state index contributed by atoms with van der Waals surface area (Å²) >= 11 is 0. The van der Waals surface area contributed by atoms with Crippen LogP contribution in [-0.4, -0.2) is 37.6 Å². The van der Waals surface area contributed by atoms with Crippen LogP contribution in [0.3, 0.4) is 0 Å². The molecule has 0 bridgehead atoms. The third-order valence-corrected chi connectivity index (χ3v) is 2.27. The van der Waals surface area contributed by atoms with Crippen molar-refractivity contribution >= 4 is 11.9 Å². The van der Waals surface area contributed by atoms with Crippen LogP contribution in [0.25, 0.3) is 0 Å². The number of carbonyl (C=O) groups excluding carboxylic acids is 2. The fourth-order valence-electron chi connectivity index (χ4n) is 1.30. The summed E-state index contributed by atoms with van der Waals surface area (Å²) < 4.78 is 4.78. The number of hydrogen-bond donors (Lipinski definition) is 2. The van der Waals surface area contributed by atoms with Crippen LogP contribution >= 0.6 is 0 Å². The van der Waals surface area contributed by atoms with Crippen molar-refractivity contribution in [2.24, 2.45) is 0 Å². The molecule has 0 unspecified atom stereocenters. The molecule has 1 amide bonds. The van der Waals surface area contributed by atoms with Gasteiger partial charge < -0.3 is 15.4 Å². The molecule has 1 aliphatic carbocycles. The Kier molecular flexibility index (Phi) is 5.85. The highest BCUT2D eigenvalue weighted by Crippen LogP contribution is 2.18. The van der Waals surface area contributed by atoms with E-state index in [1.54, 1.807) is 6.92 Å². The van der Waals surface area contributed by atoms with Gasteiger partial charge in [0.1, 0.15) is 0 Å². The molecule has 5 nitrogen and oxygen atoms in total. The lowest BCUT2D eigenvalue weighted by molar-refractivity contribution is -0.143. The highest BCUT2D eigenvalue weighted by molar-refractivity contribution is 5.78. The molecule has 0 atom stereocenters. The van der Waals surface area contributed by atoms with E-state index in [9.17, 15) is 9.59 Å². The van der Waals surface area contributed by atoms with Gasteiger partial charge in [0, 0.05) is 12.5 Å². The molecule has 0 aromatic carbocycles. The molecule has 0 aromatic heterocycles. The number of hydrogen-bond acceptors (Lipinski definition) is 4. The highest BCUT2D eigenvalue weighted by Gasteiger charge is 2.22. The lowest BCUT2D eigenvalue weighted by Gasteiger charge is -2.05. The van der Waals surface area contributed by atoms with E-state index >= 15 is 0 Å². The standard InChI is InChI=1S/C11H20N2O3/c1-2-16-11(15)4-3-7-12-8-10(14)13-9-5-6-9/h9,12H,2-8H2,1H3,(H,13,14). The van der Waals surface area contributed by atoms with Crippen molar-refractivity contribution in [1.29, 1.82) is 0 Å². The van der Waals surface area contributed by atoms with Gasteiger partial charge in [-0.15, -0.1) is 0 Å². The molecular weight excluding hydrogens is 208 g/mol. The summed E-state index contributed by atoms with van der Waals surface area (Å²) in [6, 6.07) is 0.411. The molecule has 1 fully saturated rings. The smallest absolute Gasteiger partial charge is 0.305 e. The van der Waals surface area contributed by atoms with Gasteiger partial charge in [0.05, 0.1) is 13.2 Å². The van der Waals surface area contributed by atoms with Crippen LogP contribution < -0.4 is 10.6 Å². The molecule has 2 N–H and O–H groups in total. The van der Waals surface area contributed by atoms with Crippen molar-refractivity contribution in [3.63, 3.8) is 0 Å². The number of nitrogens with one attached hydrogen (secondary N) is 2. The molecule has 0 radical (unpaired) electrons. The summed E-state index contributed by atoms with van der Waals surface area (Å²) in [4.78, 5) is 22.2. The van der Waals surface area contributed by atoms with Gasteiger partial charge in [0.2, 0.25) is 5.91 Å². The van der Waals surface area contributed by atoms with Gasteiger partial charge in [-0.05, 0) is 32.7 Å². The van der Waals surface area contributed by atoms with E-state index in [4.69, 9.17) is 4.74 Å². The Hall–Kier alpha value is -1.10. The third kappa shape index (κ3) is 6.40. The van der Waals surface area contributed by atoms with Crippen molar-refractivity contribution in [1.82, 2.24) is 10.6 Å². The Labute approximate surface area is 95.9 Å². The van der Waals surface area contributed by atoms with E-state index in [2.05, 4.69) is 10.6 Å². The van der Waals surface area contributed by atoms with Crippen molar-refractivity contribution in [2.45, 2.75) is 38.6 Å². The van der Waals surface area contributed by atoms with Gasteiger partial charge in [0.25, 0.3) is 0 Å². The lowest BCUT2D eigenvalue weighted by atomic mass is 10.3. The van der Waals surface area contributed by atoms with E-state index in [0.29, 0.717) is 38.6 Å². The molecule has 0 spiro atoms. The molecule has 0 saturated heterocycles. The molecule has 0 aromatic rings. The topological polar surface area (TPSA) is 67.4 Å². The second-order valence-corrected chi connectivity index (χ2v) is 3.93. The fourth-order valence-corrected chi connectivity index (χ4v) is 1.30. The molecule has 16 heavy (non-hydrogen) atoms. The maximum Gasteiger partial charge on any atom is 0.305 e. The van der Waals surface area contributed by atoms with E-state index in [0.717, 1.165) is 12.8 Å². The minimum absolute atomic E-state index is 0.0404. The maximum atomic E-state index is 11.2. The quantitative estimate of drug-likeness (QED) is 0.460. The second-order valence-electron chi connectivity index (χ2n) is 3.93. The molecule has 1 rings (SSSR count). The summed E-state index contributed by atoms with van der Waals surface area (Å²) in [5.41, 5.74) is 0. The van der Waals surface area contributed by atoms with Crippen LogP contribution in [0.1, 0.15) is 32.6 Å². The van der Waals surface area contributed by atoms with Crippen LogP contribution in [0.5, 0.6) is 0 Å². The van der Waals surface area contributed by atoms with E-state index in [1.807, 2.05) is 0 Å².